The highest BCUT2D eigenvalue weighted by atomic mass is 16.7. The fourth-order valence-electron chi connectivity index (χ4n) is 9.60. The molecule has 0 radical (unpaired) electrons. The van der Waals surface area contributed by atoms with Crippen molar-refractivity contribution in [3.05, 3.63) is 24.3 Å². The van der Waals surface area contributed by atoms with Crippen molar-refractivity contribution in [2.24, 2.45) is 28.1 Å². The minimum Gasteiger partial charge on any atom is -0.465 e. The molecule has 0 aliphatic heterocycles. The van der Waals surface area contributed by atoms with Gasteiger partial charge in [0.2, 0.25) is 0 Å². The zero-order valence-corrected chi connectivity index (χ0v) is 34.0. The van der Waals surface area contributed by atoms with E-state index < -0.39 is 12.1 Å². The lowest BCUT2D eigenvalue weighted by atomic mass is 9.53. The molecule has 4 aliphatic rings. The van der Waals surface area contributed by atoms with Crippen molar-refractivity contribution in [1.29, 1.82) is 0 Å². The van der Waals surface area contributed by atoms with Gasteiger partial charge in [0, 0.05) is 13.0 Å². The molecule has 8 heteroatoms. The average molecular weight is 742 g/mol. The van der Waals surface area contributed by atoms with Crippen molar-refractivity contribution in [3.8, 4) is 0 Å². The number of unbranched alkanes of at least 4 members (excludes halogenated alkanes) is 8. The molecule has 4 saturated carbocycles. The standard InChI is InChI=1S/C45H75NO7/c1-4-7-8-9-10-11-12-13-14-15-16-17-18-19-20-22-40(47)51-33-39(35-53-42(49)50-28-21-27-46(5-2)6-3)34-52-41(48)32-45-31-38(29-43(36-45)23-24-43)30-44(37-45)25-26-44/h10-11,13-14,38-39H,4-9,12,15-37H2,1-3H3/b11-10-,14-13-. The van der Waals surface area contributed by atoms with E-state index >= 15 is 0 Å². The number of hydrogen-bond donors (Lipinski definition) is 0. The topological polar surface area (TPSA) is 91.4 Å². The summed E-state index contributed by atoms with van der Waals surface area (Å²) in [4.78, 5) is 40.8. The summed E-state index contributed by atoms with van der Waals surface area (Å²) in [6.45, 7) is 9.59. The van der Waals surface area contributed by atoms with Crippen molar-refractivity contribution >= 4 is 18.1 Å². The van der Waals surface area contributed by atoms with Crippen LogP contribution < -0.4 is 0 Å². The van der Waals surface area contributed by atoms with Gasteiger partial charge in [-0.25, -0.2) is 4.79 Å². The number of nitrogens with zero attached hydrogens (tertiary/aromatic N) is 1. The van der Waals surface area contributed by atoms with Crippen molar-refractivity contribution in [1.82, 2.24) is 4.90 Å². The van der Waals surface area contributed by atoms with E-state index in [4.69, 9.17) is 18.9 Å². The molecule has 2 bridgehead atoms. The number of ether oxygens (including phenoxy) is 4. The second-order valence-electron chi connectivity index (χ2n) is 17.5. The molecule has 1 atom stereocenters. The Morgan fingerprint density at radius 3 is 1.87 bits per heavy atom. The van der Waals surface area contributed by atoms with Crippen molar-refractivity contribution < 1.29 is 33.3 Å². The van der Waals surface area contributed by atoms with Gasteiger partial charge in [0.15, 0.2) is 0 Å². The number of carbonyl (C=O) groups excluding carboxylic acids is 3. The fourth-order valence-corrected chi connectivity index (χ4v) is 9.60. The van der Waals surface area contributed by atoms with Crippen LogP contribution in [0.25, 0.3) is 0 Å². The monoisotopic (exact) mass is 742 g/mol. The third-order valence-corrected chi connectivity index (χ3v) is 12.6. The minimum absolute atomic E-state index is 0.0292. The largest absolute Gasteiger partial charge is 0.508 e. The van der Waals surface area contributed by atoms with Crippen LogP contribution in [-0.4, -0.2) is 69.1 Å². The van der Waals surface area contributed by atoms with Gasteiger partial charge in [0.1, 0.15) is 19.8 Å². The highest BCUT2D eigenvalue weighted by Gasteiger charge is 2.62. The van der Waals surface area contributed by atoms with E-state index in [1.807, 2.05) is 0 Å². The molecule has 0 aromatic rings. The Morgan fingerprint density at radius 1 is 0.660 bits per heavy atom. The van der Waals surface area contributed by atoms with Crippen LogP contribution in [0.2, 0.25) is 0 Å². The molecule has 1 unspecified atom stereocenters. The highest BCUT2D eigenvalue weighted by molar-refractivity contribution is 5.70. The lowest BCUT2D eigenvalue weighted by Gasteiger charge is -2.52. The second-order valence-corrected chi connectivity index (χ2v) is 17.5. The summed E-state index contributed by atoms with van der Waals surface area (Å²) in [5.74, 6) is -0.110. The summed E-state index contributed by atoms with van der Waals surface area (Å²) in [7, 11) is 0. The molecular formula is C45H75NO7. The van der Waals surface area contributed by atoms with Crippen LogP contribution in [0.1, 0.15) is 168 Å². The van der Waals surface area contributed by atoms with E-state index in [1.165, 1.54) is 83.5 Å². The van der Waals surface area contributed by atoms with Crippen LogP contribution in [-0.2, 0) is 28.5 Å². The fraction of sp³-hybridized carbons (Fsp3) is 0.844. The number of allylic oxidation sites excluding steroid dienone is 4. The minimum atomic E-state index is -0.740. The Balaban J connectivity index is 1.14. The molecule has 53 heavy (non-hydrogen) atoms. The number of hydrogen-bond acceptors (Lipinski definition) is 8. The number of fused-ring (bicyclic) bond motifs is 2. The first-order valence-corrected chi connectivity index (χ1v) is 21.9. The smallest absolute Gasteiger partial charge is 0.465 e. The maximum absolute atomic E-state index is 13.4. The summed E-state index contributed by atoms with van der Waals surface area (Å²) >= 11 is 0. The van der Waals surface area contributed by atoms with Gasteiger partial charge in [0.25, 0.3) is 0 Å². The van der Waals surface area contributed by atoms with E-state index in [0.717, 1.165) is 76.9 Å². The van der Waals surface area contributed by atoms with Gasteiger partial charge in [-0.3, -0.25) is 9.59 Å². The lowest BCUT2D eigenvalue weighted by molar-refractivity contribution is -0.154. The summed E-state index contributed by atoms with van der Waals surface area (Å²) < 4.78 is 22.3. The maximum atomic E-state index is 13.4. The van der Waals surface area contributed by atoms with Gasteiger partial charge in [-0.2, -0.15) is 0 Å². The predicted molar refractivity (Wildman–Crippen MR) is 211 cm³/mol. The molecule has 0 aromatic carbocycles. The second kappa shape index (κ2) is 22.9. The zero-order chi connectivity index (χ0) is 37.8. The predicted octanol–water partition coefficient (Wildman–Crippen LogP) is 10.9. The van der Waals surface area contributed by atoms with Gasteiger partial charge in [0.05, 0.1) is 18.9 Å². The molecule has 8 nitrogen and oxygen atoms in total. The first kappa shape index (κ1) is 43.4. The summed E-state index contributed by atoms with van der Waals surface area (Å²) in [5.41, 5.74) is 1.04. The van der Waals surface area contributed by atoms with Crippen molar-refractivity contribution in [3.63, 3.8) is 0 Å². The van der Waals surface area contributed by atoms with Crippen LogP contribution in [0.5, 0.6) is 0 Å². The number of esters is 2. The Bertz CT molecular complexity index is 1130. The molecule has 0 amide bonds. The molecule has 302 valence electrons. The zero-order valence-electron chi connectivity index (χ0n) is 34.0. The lowest BCUT2D eigenvalue weighted by Crippen LogP contribution is -2.43. The molecule has 4 rings (SSSR count). The third kappa shape index (κ3) is 16.5. The number of carbonyl (C=O) groups is 3. The first-order chi connectivity index (χ1) is 25.7. The van der Waals surface area contributed by atoms with E-state index in [-0.39, 0.29) is 43.8 Å². The van der Waals surface area contributed by atoms with Crippen molar-refractivity contribution in [2.45, 2.75) is 168 Å². The Kier molecular flexibility index (Phi) is 18.7. The highest BCUT2D eigenvalue weighted by Crippen LogP contribution is 2.73. The van der Waals surface area contributed by atoms with E-state index in [0.29, 0.717) is 23.7 Å². The van der Waals surface area contributed by atoms with Crippen molar-refractivity contribution in [2.75, 3.05) is 46.1 Å². The Hall–Kier alpha value is -2.35. The molecule has 0 N–H and O–H groups in total. The summed E-state index contributed by atoms with van der Waals surface area (Å²) in [6, 6.07) is 0. The Labute approximate surface area is 322 Å². The van der Waals surface area contributed by atoms with Gasteiger partial charge in [-0.1, -0.05) is 77.2 Å². The van der Waals surface area contributed by atoms with Crippen LogP contribution in [0.4, 0.5) is 4.79 Å². The first-order valence-electron chi connectivity index (χ1n) is 21.9. The molecule has 0 aromatic heterocycles. The van der Waals surface area contributed by atoms with Gasteiger partial charge >= 0.3 is 18.1 Å². The summed E-state index contributed by atoms with van der Waals surface area (Å²) in [6.07, 6.45) is 33.8. The molecule has 2 spiro atoms. The van der Waals surface area contributed by atoms with Crippen LogP contribution in [0, 0.1) is 28.1 Å². The van der Waals surface area contributed by atoms with Crippen LogP contribution >= 0.6 is 0 Å². The third-order valence-electron chi connectivity index (χ3n) is 12.6. The molecule has 4 fully saturated rings. The summed E-state index contributed by atoms with van der Waals surface area (Å²) in [5, 5.41) is 0. The molecule has 0 heterocycles. The molecule has 0 saturated heterocycles. The maximum Gasteiger partial charge on any atom is 0.508 e. The van der Waals surface area contributed by atoms with E-state index in [9.17, 15) is 14.4 Å². The quantitative estimate of drug-likeness (QED) is 0.0339. The average Bonchev–Trinajstić information content (AvgIpc) is 4.07. The van der Waals surface area contributed by atoms with Gasteiger partial charge < -0.3 is 23.8 Å². The Morgan fingerprint density at radius 2 is 1.25 bits per heavy atom. The number of rotatable bonds is 28. The normalized spacial score (nSPS) is 22.8. The van der Waals surface area contributed by atoms with Gasteiger partial charge in [-0.05, 0) is 138 Å². The van der Waals surface area contributed by atoms with Crippen LogP contribution in [0.3, 0.4) is 0 Å². The molecule has 4 aliphatic carbocycles. The van der Waals surface area contributed by atoms with E-state index in [2.05, 4.69) is 50.0 Å². The SMILES string of the molecule is CCCCC/C=C\C/C=C\CCCCCCCC(=O)OCC(COC(=O)CC12CC(CC3(CC3)C1)CC1(CC1)C2)COC(=O)OCCCN(CC)CC. The van der Waals surface area contributed by atoms with E-state index in [1.54, 1.807) is 0 Å². The van der Waals surface area contributed by atoms with Crippen LogP contribution in [0.15, 0.2) is 24.3 Å². The van der Waals surface area contributed by atoms with Gasteiger partial charge in [-0.15, -0.1) is 0 Å². The molecular weight excluding hydrogens is 666 g/mol.